The first-order chi connectivity index (χ1) is 72.7. The monoisotopic (exact) mass is 2020 g/mol. The topological polar surface area (TPSA) is 428 Å². The van der Waals surface area contributed by atoms with Gasteiger partial charge in [-0.3, -0.25) is 0 Å². The number of aromatic carboxylic acids is 8. The van der Waals surface area contributed by atoms with E-state index >= 15 is 0 Å². The van der Waals surface area contributed by atoms with Crippen LogP contribution < -0.4 is 66.3 Å². The van der Waals surface area contributed by atoms with Crippen molar-refractivity contribution in [1.82, 2.24) is 0 Å². The van der Waals surface area contributed by atoms with Gasteiger partial charge in [0.25, 0.3) is 0 Å². The van der Waals surface area contributed by atoms with Crippen molar-refractivity contribution < 1.29 is 146 Å². The molecule has 0 spiro atoms. The summed E-state index contributed by atoms with van der Waals surface area (Å²) in [5, 5.41) is 76.4. The van der Waals surface area contributed by atoms with Crippen molar-refractivity contribution in [3.63, 3.8) is 0 Å². The minimum absolute atomic E-state index is 0.0258. The molecule has 16 rings (SSSR count). The average molecular weight is 2020 g/mol. The van der Waals surface area contributed by atoms with Crippen LogP contribution in [-0.4, -0.2) is 88.6 Å². The van der Waals surface area contributed by atoms with E-state index in [1.807, 2.05) is 84.9 Å². The summed E-state index contributed by atoms with van der Waals surface area (Å²) in [6.45, 7) is 0.563. The second-order valence-corrected chi connectivity index (χ2v) is 34.4. The SMILES string of the molecule is O=C(O)c1ccc(COc2cc(COc3cc(COc4ccc(/C=C\c5ccc(OCc6cc(OCc7cc(OCc8ccc(C(=O)O)cc8)cc(OCc8ccc(C(=O)O)cc8)c7)cc(OCc7cc(OCc8ccc(C(=O)O)cc8)cc(OCc8ccc(C(=O)O)cc8)c7)c6)cc5)cc4)cc(OCc4cc(OCc5ccc(C(=O)O)cc5)cc(OCc5ccc(C(=O)O)cc5)c4)c3)cc(OCc3ccc(C(=O)O)cc3)c2)cc1. The van der Waals surface area contributed by atoms with Gasteiger partial charge >= 0.3 is 47.8 Å². The van der Waals surface area contributed by atoms with Crippen molar-refractivity contribution in [1.29, 1.82) is 0 Å². The number of ether oxygens (including phenoxy) is 14. The fourth-order valence-corrected chi connectivity index (χ4v) is 15.1. The van der Waals surface area contributed by atoms with Gasteiger partial charge in [0.2, 0.25) is 0 Å². The van der Waals surface area contributed by atoms with E-state index in [2.05, 4.69) is 0 Å². The normalized spacial score (nSPS) is 10.9. The van der Waals surface area contributed by atoms with Crippen LogP contribution >= 0.6 is 0 Å². The van der Waals surface area contributed by atoms with Crippen LogP contribution in [0.15, 0.2) is 352 Å². The highest BCUT2D eigenvalue weighted by Gasteiger charge is 2.20. The number of carboxylic acid groups (broad SMARTS) is 8. The number of rotatable bonds is 52. The van der Waals surface area contributed by atoms with Gasteiger partial charge in [-0.2, -0.15) is 0 Å². The van der Waals surface area contributed by atoms with Crippen LogP contribution in [0, 0.1) is 0 Å². The maximum atomic E-state index is 11.7. The van der Waals surface area contributed by atoms with Crippen LogP contribution in [0.3, 0.4) is 0 Å². The molecule has 16 aromatic rings. The molecule has 30 nitrogen and oxygen atoms in total. The Morgan fingerprint density at radius 2 is 0.240 bits per heavy atom. The van der Waals surface area contributed by atoms with E-state index in [9.17, 15) is 79.2 Å². The molecule has 0 aromatic heterocycles. The van der Waals surface area contributed by atoms with E-state index in [-0.39, 0.29) is 137 Å². The maximum Gasteiger partial charge on any atom is 0.335 e. The quantitative estimate of drug-likeness (QED) is 0.0164. The molecule has 0 radical (unpaired) electrons. The van der Waals surface area contributed by atoms with Gasteiger partial charge in [-0.15, -0.1) is 0 Å². The van der Waals surface area contributed by atoms with E-state index in [4.69, 9.17) is 66.3 Å². The van der Waals surface area contributed by atoms with Crippen molar-refractivity contribution in [3.05, 3.63) is 485 Å². The maximum absolute atomic E-state index is 11.7. The predicted molar refractivity (Wildman–Crippen MR) is 548 cm³/mol. The van der Waals surface area contributed by atoms with E-state index in [0.717, 1.165) is 11.1 Å². The van der Waals surface area contributed by atoms with Crippen molar-refractivity contribution in [2.75, 3.05) is 0 Å². The van der Waals surface area contributed by atoms with Gasteiger partial charge in [0.15, 0.2) is 0 Å². The summed E-state index contributed by atoms with van der Waals surface area (Å²) in [5.74, 6) is -2.73. The second kappa shape index (κ2) is 50.0. The van der Waals surface area contributed by atoms with E-state index < -0.39 is 47.8 Å². The van der Waals surface area contributed by atoms with Gasteiger partial charge in [-0.05, 0) is 283 Å². The Hall–Kier alpha value is -19.8. The summed E-state index contributed by atoms with van der Waals surface area (Å²) in [7, 11) is 0. The fraction of sp³-hybridized carbons (Fsp3) is 0.117. The first-order valence-electron chi connectivity index (χ1n) is 46.8. The van der Waals surface area contributed by atoms with Crippen molar-refractivity contribution in [2.45, 2.75) is 92.5 Å². The molecule has 0 aliphatic heterocycles. The highest BCUT2D eigenvalue weighted by molar-refractivity contribution is 5.91. The lowest BCUT2D eigenvalue weighted by Crippen LogP contribution is -2.04. The third-order valence-corrected chi connectivity index (χ3v) is 23.2. The third-order valence-electron chi connectivity index (χ3n) is 23.2. The Balaban J connectivity index is 0.627. The average Bonchev–Trinajstić information content (AvgIpc) is 0.837. The lowest BCUT2D eigenvalue weighted by molar-refractivity contribution is 0.0686. The summed E-state index contributed by atoms with van der Waals surface area (Å²) in [6.07, 6.45) is 3.91. The van der Waals surface area contributed by atoms with Crippen molar-refractivity contribution >= 4 is 59.9 Å². The molecule has 0 aliphatic rings. The van der Waals surface area contributed by atoms with Crippen LogP contribution in [0.1, 0.15) is 172 Å². The zero-order valence-corrected chi connectivity index (χ0v) is 80.1. The largest absolute Gasteiger partial charge is 0.489 e. The Labute approximate surface area is 859 Å². The van der Waals surface area contributed by atoms with Gasteiger partial charge < -0.3 is 107 Å². The molecule has 0 heterocycles. The fourth-order valence-electron chi connectivity index (χ4n) is 15.1. The predicted octanol–water partition coefficient (Wildman–Crippen LogP) is 23.5. The molecular formula is C120H96O30. The molecule has 0 unspecified atom stereocenters. The van der Waals surface area contributed by atoms with E-state index in [1.54, 1.807) is 182 Å². The van der Waals surface area contributed by atoms with Gasteiger partial charge in [-0.25, -0.2) is 38.4 Å². The van der Waals surface area contributed by atoms with E-state index in [1.165, 1.54) is 97.1 Å². The summed E-state index contributed by atoms with van der Waals surface area (Å²) >= 11 is 0. The Morgan fingerprint density at radius 1 is 0.133 bits per heavy atom. The lowest BCUT2D eigenvalue weighted by Gasteiger charge is -2.16. The molecular weight excluding hydrogens is 1920 g/mol. The Bertz CT molecular complexity index is 6350. The van der Waals surface area contributed by atoms with Crippen molar-refractivity contribution in [3.8, 4) is 80.5 Å². The molecule has 0 amide bonds. The Morgan fingerprint density at radius 3 is 0.353 bits per heavy atom. The molecule has 0 atom stereocenters. The lowest BCUT2D eigenvalue weighted by atomic mass is 10.1. The van der Waals surface area contributed by atoms with Crippen LogP contribution in [-0.2, 0) is 92.5 Å². The molecule has 16 aromatic carbocycles. The van der Waals surface area contributed by atoms with E-state index in [0.29, 0.717) is 158 Å². The minimum Gasteiger partial charge on any atom is -0.489 e. The third kappa shape index (κ3) is 30.9. The molecule has 0 fully saturated rings. The molecule has 0 bridgehead atoms. The summed E-state index contributed by atoms with van der Waals surface area (Å²) < 4.78 is 89.8. The number of benzene rings is 16. The molecule has 0 aliphatic carbocycles. The van der Waals surface area contributed by atoms with Crippen LogP contribution in [0.4, 0.5) is 0 Å². The second-order valence-electron chi connectivity index (χ2n) is 34.4. The molecule has 150 heavy (non-hydrogen) atoms. The molecule has 0 saturated carbocycles. The molecule has 8 N–H and O–H groups in total. The van der Waals surface area contributed by atoms with Gasteiger partial charge in [0, 0.05) is 36.4 Å². The minimum atomic E-state index is -1.07. The highest BCUT2D eigenvalue weighted by atomic mass is 16.5. The molecule has 0 saturated heterocycles. The number of hydrogen-bond acceptors (Lipinski definition) is 22. The van der Waals surface area contributed by atoms with Crippen LogP contribution in [0.5, 0.6) is 80.5 Å². The van der Waals surface area contributed by atoms with Crippen LogP contribution in [0.25, 0.3) is 12.2 Å². The van der Waals surface area contributed by atoms with Gasteiger partial charge in [0.05, 0.1) is 44.5 Å². The number of carboxylic acids is 8. The zero-order valence-electron chi connectivity index (χ0n) is 80.1. The molecule has 756 valence electrons. The summed E-state index contributed by atoms with van der Waals surface area (Å²) in [4.78, 5) is 93.4. The standard InChI is InChI=1S/C120H96O30/c121-113(122)91-23-3-77(4-24-91)61-139-101-47-87(48-102(55-101)140-62-78-5-25-92(26-6-78)114(123)124)71-147-109-43-85(44-110(59-109)148-72-88-49-103(141-63-79-7-27-93(28-8-79)115(125)126)56-104(50-88)142-64-80-9-29-94(30-10-80)116(127)128)69-137-99-39-19-75(20-40-99)1-2-76-21-41-100(42-22-76)138-70-86-45-111(149-73-89-51-105(143-65-81-11-31-95(32-12-81)117(129)130)57-106(52-89)144-66-82-13-33-96(34-14-82)118(131)132)60-112(46-86)150-74-90-53-107(145-67-83-15-35-97(36-16-83)119(133)134)58-108(54-90)146-68-84-17-37-98(38-18-84)120(135)136/h1-60H,61-74H2,(H,121,122)(H,123,124)(H,125,126)(H,127,128)(H,129,130)(H,131,132)(H,133,134)(H,135,136)/b2-1-. The Kier molecular flexibility index (Phi) is 34.3. The van der Waals surface area contributed by atoms with Crippen molar-refractivity contribution in [2.24, 2.45) is 0 Å². The number of hydrogen-bond donors (Lipinski definition) is 8. The first-order valence-corrected chi connectivity index (χ1v) is 46.8. The summed E-state index contributed by atoms with van der Waals surface area (Å²) in [6, 6.07) is 97.2. The van der Waals surface area contributed by atoms with Gasteiger partial charge in [0.1, 0.15) is 173 Å². The van der Waals surface area contributed by atoms with Crippen LogP contribution in [0.2, 0.25) is 0 Å². The summed E-state index contributed by atoms with van der Waals surface area (Å²) in [5.41, 5.74) is 12.0. The first kappa shape index (κ1) is 103. The van der Waals surface area contributed by atoms with Gasteiger partial charge in [-0.1, -0.05) is 133 Å². The molecule has 30 heteroatoms. The number of carbonyl (C=O) groups is 8. The zero-order chi connectivity index (χ0) is 105. The highest BCUT2D eigenvalue weighted by Crippen LogP contribution is 2.36. The smallest absolute Gasteiger partial charge is 0.335 e.